The summed E-state index contributed by atoms with van der Waals surface area (Å²) in [4.78, 5) is 20.2. The minimum absolute atomic E-state index is 0.0159. The van der Waals surface area contributed by atoms with Crippen molar-refractivity contribution < 1.29 is 9.53 Å². The lowest BCUT2D eigenvalue weighted by Gasteiger charge is -2.41. The van der Waals surface area contributed by atoms with Crippen LogP contribution in [0.15, 0.2) is 30.5 Å². The third kappa shape index (κ3) is 4.32. The standard InChI is InChI=1S/C19H28N4O2/c1-3-17-14-23(10-9-22(17)11-12-25-4-2)19(24)21-16-5-6-18-15(13-16)7-8-20-18/h5-8,13,17,20H,3-4,9-12,14H2,1-2H3,(H,21,24)/t17-/m1/s1. The molecule has 136 valence electrons. The number of nitrogens with zero attached hydrogens (tertiary/aromatic N) is 2. The average Bonchev–Trinajstić information content (AvgIpc) is 3.09. The Morgan fingerprint density at radius 3 is 3.00 bits per heavy atom. The van der Waals surface area contributed by atoms with Crippen LogP contribution in [0.2, 0.25) is 0 Å². The second-order valence-electron chi connectivity index (χ2n) is 6.45. The number of piperazine rings is 1. The van der Waals surface area contributed by atoms with Gasteiger partial charge < -0.3 is 19.9 Å². The number of benzene rings is 1. The summed E-state index contributed by atoms with van der Waals surface area (Å²) in [5, 5.41) is 4.14. The van der Waals surface area contributed by atoms with Gasteiger partial charge in [0.1, 0.15) is 0 Å². The van der Waals surface area contributed by atoms with Crippen molar-refractivity contribution in [3.8, 4) is 0 Å². The Labute approximate surface area is 149 Å². The minimum atomic E-state index is -0.0159. The molecule has 2 N–H and O–H groups in total. The van der Waals surface area contributed by atoms with E-state index in [1.165, 1.54) is 0 Å². The molecule has 6 nitrogen and oxygen atoms in total. The van der Waals surface area contributed by atoms with Gasteiger partial charge >= 0.3 is 6.03 Å². The van der Waals surface area contributed by atoms with Gasteiger partial charge in [0.15, 0.2) is 0 Å². The summed E-state index contributed by atoms with van der Waals surface area (Å²) in [5.41, 5.74) is 1.91. The van der Waals surface area contributed by atoms with Gasteiger partial charge in [-0.15, -0.1) is 0 Å². The molecule has 3 rings (SSSR count). The number of anilines is 1. The molecular weight excluding hydrogens is 316 g/mol. The first-order chi connectivity index (χ1) is 12.2. The summed E-state index contributed by atoms with van der Waals surface area (Å²) >= 11 is 0. The molecule has 2 aromatic rings. The molecule has 1 fully saturated rings. The summed E-state index contributed by atoms with van der Waals surface area (Å²) in [6, 6.07) is 8.32. The molecule has 0 unspecified atom stereocenters. The second-order valence-corrected chi connectivity index (χ2v) is 6.45. The summed E-state index contributed by atoms with van der Waals surface area (Å²) in [7, 11) is 0. The largest absolute Gasteiger partial charge is 0.380 e. The molecule has 6 heteroatoms. The molecule has 0 spiro atoms. The Bertz CT molecular complexity index is 700. The lowest BCUT2D eigenvalue weighted by Crippen LogP contribution is -2.56. The smallest absolute Gasteiger partial charge is 0.321 e. The SMILES string of the molecule is CCOCCN1CCN(C(=O)Nc2ccc3[nH]ccc3c2)C[C@H]1CC. The summed E-state index contributed by atoms with van der Waals surface area (Å²) < 4.78 is 5.47. The number of hydrogen-bond donors (Lipinski definition) is 2. The minimum Gasteiger partial charge on any atom is -0.380 e. The predicted octanol–water partition coefficient (Wildman–Crippen LogP) is 3.13. The fourth-order valence-electron chi connectivity index (χ4n) is 3.42. The molecule has 1 aliphatic rings. The van der Waals surface area contributed by atoms with Crippen LogP contribution in [0.1, 0.15) is 20.3 Å². The van der Waals surface area contributed by atoms with Gasteiger partial charge in [0.05, 0.1) is 6.61 Å². The maximum Gasteiger partial charge on any atom is 0.321 e. The maximum absolute atomic E-state index is 12.6. The topological polar surface area (TPSA) is 60.6 Å². The number of hydrogen-bond acceptors (Lipinski definition) is 3. The van der Waals surface area contributed by atoms with Crippen LogP contribution in [0, 0.1) is 0 Å². The number of carbonyl (C=O) groups excluding carboxylic acids is 1. The molecule has 0 radical (unpaired) electrons. The predicted molar refractivity (Wildman–Crippen MR) is 101 cm³/mol. The number of rotatable bonds is 6. The molecule has 1 aromatic carbocycles. The number of nitrogens with one attached hydrogen (secondary N) is 2. The Morgan fingerprint density at radius 2 is 2.20 bits per heavy atom. The normalized spacial score (nSPS) is 18.6. The highest BCUT2D eigenvalue weighted by Gasteiger charge is 2.28. The molecule has 0 bridgehead atoms. The van der Waals surface area contributed by atoms with Crippen LogP contribution in [0.5, 0.6) is 0 Å². The number of fused-ring (bicyclic) bond motifs is 1. The van der Waals surface area contributed by atoms with Crippen molar-refractivity contribution in [2.45, 2.75) is 26.3 Å². The number of aromatic nitrogens is 1. The molecule has 2 amide bonds. The highest BCUT2D eigenvalue weighted by Crippen LogP contribution is 2.19. The Kier molecular flexibility index (Phi) is 5.94. The average molecular weight is 344 g/mol. The van der Waals surface area contributed by atoms with Gasteiger partial charge in [0, 0.05) is 61.6 Å². The van der Waals surface area contributed by atoms with Gasteiger partial charge in [-0.3, -0.25) is 4.90 Å². The highest BCUT2D eigenvalue weighted by atomic mass is 16.5. The lowest BCUT2D eigenvalue weighted by atomic mass is 10.1. The van der Waals surface area contributed by atoms with Gasteiger partial charge in [0.2, 0.25) is 0 Å². The Hall–Kier alpha value is -2.05. The summed E-state index contributed by atoms with van der Waals surface area (Å²) in [6.07, 6.45) is 2.94. The highest BCUT2D eigenvalue weighted by molar-refractivity contribution is 5.92. The monoisotopic (exact) mass is 344 g/mol. The van der Waals surface area contributed by atoms with Crippen molar-refractivity contribution in [3.05, 3.63) is 30.5 Å². The van der Waals surface area contributed by atoms with E-state index >= 15 is 0 Å². The first-order valence-electron chi connectivity index (χ1n) is 9.16. The molecule has 1 aromatic heterocycles. The molecular formula is C19H28N4O2. The van der Waals surface area contributed by atoms with E-state index in [0.717, 1.165) is 62.4 Å². The third-order valence-electron chi connectivity index (χ3n) is 4.89. The van der Waals surface area contributed by atoms with Gasteiger partial charge in [-0.05, 0) is 37.6 Å². The molecule has 1 saturated heterocycles. The van der Waals surface area contributed by atoms with Crippen molar-refractivity contribution in [2.24, 2.45) is 0 Å². The van der Waals surface area contributed by atoms with Crippen LogP contribution in [0.3, 0.4) is 0 Å². The van der Waals surface area contributed by atoms with E-state index in [-0.39, 0.29) is 6.03 Å². The fraction of sp³-hybridized carbons (Fsp3) is 0.526. The third-order valence-corrected chi connectivity index (χ3v) is 4.89. The van der Waals surface area contributed by atoms with Crippen LogP contribution in [0.25, 0.3) is 10.9 Å². The maximum atomic E-state index is 12.6. The van der Waals surface area contributed by atoms with Gasteiger partial charge in [0.25, 0.3) is 0 Å². The first-order valence-corrected chi connectivity index (χ1v) is 9.16. The van der Waals surface area contributed by atoms with E-state index in [9.17, 15) is 4.79 Å². The van der Waals surface area contributed by atoms with Crippen LogP contribution in [-0.2, 0) is 4.74 Å². The Morgan fingerprint density at radius 1 is 1.32 bits per heavy atom. The van der Waals surface area contributed by atoms with Crippen LogP contribution in [-0.4, -0.2) is 66.2 Å². The van der Waals surface area contributed by atoms with Crippen molar-refractivity contribution in [1.82, 2.24) is 14.8 Å². The number of ether oxygens (including phenoxy) is 1. The molecule has 2 heterocycles. The van der Waals surface area contributed by atoms with Crippen LogP contribution >= 0.6 is 0 Å². The van der Waals surface area contributed by atoms with E-state index in [2.05, 4.69) is 22.1 Å². The molecule has 1 aliphatic heterocycles. The fourth-order valence-corrected chi connectivity index (χ4v) is 3.42. The molecule has 25 heavy (non-hydrogen) atoms. The van der Waals surface area contributed by atoms with Crippen LogP contribution in [0.4, 0.5) is 10.5 Å². The molecule has 0 aliphatic carbocycles. The first kappa shape index (κ1) is 17.8. The number of carbonyl (C=O) groups is 1. The van der Waals surface area contributed by atoms with E-state index in [1.54, 1.807) is 0 Å². The zero-order valence-electron chi connectivity index (χ0n) is 15.1. The van der Waals surface area contributed by atoms with Crippen LogP contribution < -0.4 is 5.32 Å². The van der Waals surface area contributed by atoms with Gasteiger partial charge in [-0.2, -0.15) is 0 Å². The Balaban J connectivity index is 1.57. The lowest BCUT2D eigenvalue weighted by molar-refractivity contribution is 0.0545. The van der Waals surface area contributed by atoms with E-state index in [1.807, 2.05) is 42.3 Å². The second kappa shape index (κ2) is 8.36. The number of urea groups is 1. The van der Waals surface area contributed by atoms with Crippen molar-refractivity contribution >= 4 is 22.6 Å². The molecule has 0 saturated carbocycles. The van der Waals surface area contributed by atoms with Gasteiger partial charge in [-0.1, -0.05) is 6.92 Å². The zero-order valence-corrected chi connectivity index (χ0v) is 15.1. The zero-order chi connectivity index (χ0) is 17.6. The number of amides is 2. The van der Waals surface area contributed by atoms with Crippen molar-refractivity contribution in [2.75, 3.05) is 44.7 Å². The van der Waals surface area contributed by atoms with Gasteiger partial charge in [-0.25, -0.2) is 4.79 Å². The quantitative estimate of drug-likeness (QED) is 0.792. The van der Waals surface area contributed by atoms with Crippen molar-refractivity contribution in [3.63, 3.8) is 0 Å². The summed E-state index contributed by atoms with van der Waals surface area (Å²) in [6.45, 7) is 9.06. The number of H-pyrrole nitrogens is 1. The molecule has 1 atom stereocenters. The van der Waals surface area contributed by atoms with E-state index < -0.39 is 0 Å². The summed E-state index contributed by atoms with van der Waals surface area (Å²) in [5.74, 6) is 0. The van der Waals surface area contributed by atoms with Crippen molar-refractivity contribution in [1.29, 1.82) is 0 Å². The number of aromatic amines is 1. The van der Waals surface area contributed by atoms with E-state index in [4.69, 9.17) is 4.74 Å². The van der Waals surface area contributed by atoms with E-state index in [0.29, 0.717) is 6.04 Å².